The third kappa shape index (κ3) is 3.38. The molecular weight excluding hydrogens is 416 g/mol. The second-order valence-corrected chi connectivity index (χ2v) is 7.87. The summed E-state index contributed by atoms with van der Waals surface area (Å²) in [7, 11) is 3.18. The Balaban J connectivity index is 1.49. The Bertz CT molecular complexity index is 1430. The van der Waals surface area contributed by atoms with E-state index in [-0.39, 0.29) is 11.7 Å². The molecule has 5 rings (SSSR count). The lowest BCUT2D eigenvalue weighted by atomic mass is 10.2. The highest BCUT2D eigenvalue weighted by Gasteiger charge is 2.19. The molecule has 0 aliphatic rings. The van der Waals surface area contributed by atoms with Crippen molar-refractivity contribution in [2.45, 2.75) is 6.92 Å². The van der Waals surface area contributed by atoms with Crippen LogP contribution in [0.2, 0.25) is 0 Å². The largest absolute Gasteiger partial charge is 0.497 e. The summed E-state index contributed by atoms with van der Waals surface area (Å²) in [5.74, 6) is 1.60. The zero-order valence-corrected chi connectivity index (χ0v) is 17.8. The van der Waals surface area contributed by atoms with Gasteiger partial charge in [-0.25, -0.2) is 4.98 Å². The SMILES string of the molecule is COc1ccc2sc(-n3nc(C)cc3NC(=O)c3cc4cccc(OC)c4o3)nc2c1. The summed E-state index contributed by atoms with van der Waals surface area (Å²) in [5.41, 5.74) is 2.08. The molecule has 0 atom stereocenters. The minimum atomic E-state index is -0.387. The van der Waals surface area contributed by atoms with E-state index in [1.807, 2.05) is 37.3 Å². The Labute approximate surface area is 181 Å². The van der Waals surface area contributed by atoms with Crippen LogP contribution in [0.1, 0.15) is 16.2 Å². The molecule has 0 aliphatic heterocycles. The summed E-state index contributed by atoms with van der Waals surface area (Å²) in [6, 6.07) is 14.7. The molecule has 156 valence electrons. The third-order valence-corrected chi connectivity index (χ3v) is 5.80. The number of methoxy groups -OCH3 is 2. The fourth-order valence-corrected chi connectivity index (χ4v) is 4.25. The number of para-hydroxylation sites is 1. The van der Waals surface area contributed by atoms with Crippen LogP contribution in [0.3, 0.4) is 0 Å². The number of anilines is 1. The minimum Gasteiger partial charge on any atom is -0.497 e. The molecule has 0 radical (unpaired) electrons. The van der Waals surface area contributed by atoms with E-state index in [2.05, 4.69) is 15.4 Å². The summed E-state index contributed by atoms with van der Waals surface area (Å²) in [6.07, 6.45) is 0. The van der Waals surface area contributed by atoms with Crippen molar-refractivity contribution in [2.75, 3.05) is 19.5 Å². The third-order valence-electron chi connectivity index (χ3n) is 4.79. The highest BCUT2D eigenvalue weighted by atomic mass is 32.1. The van der Waals surface area contributed by atoms with E-state index < -0.39 is 0 Å². The van der Waals surface area contributed by atoms with Gasteiger partial charge >= 0.3 is 0 Å². The molecule has 0 unspecified atom stereocenters. The fourth-order valence-electron chi connectivity index (χ4n) is 3.33. The van der Waals surface area contributed by atoms with E-state index in [1.54, 1.807) is 37.1 Å². The van der Waals surface area contributed by atoms with E-state index in [0.717, 1.165) is 27.0 Å². The lowest BCUT2D eigenvalue weighted by Gasteiger charge is -2.04. The fraction of sp³-hybridized carbons (Fsp3) is 0.136. The number of hydrogen-bond acceptors (Lipinski definition) is 7. The quantitative estimate of drug-likeness (QED) is 0.427. The number of aromatic nitrogens is 3. The molecule has 5 aromatic rings. The molecule has 8 nitrogen and oxygen atoms in total. The van der Waals surface area contributed by atoms with E-state index in [1.165, 1.54) is 11.3 Å². The number of hydrogen-bond donors (Lipinski definition) is 1. The van der Waals surface area contributed by atoms with Gasteiger partial charge in [-0.2, -0.15) is 9.78 Å². The zero-order valence-electron chi connectivity index (χ0n) is 17.0. The molecule has 0 saturated carbocycles. The van der Waals surface area contributed by atoms with Crippen LogP contribution in [0, 0.1) is 6.92 Å². The van der Waals surface area contributed by atoms with Crippen LogP contribution >= 0.6 is 11.3 Å². The van der Waals surface area contributed by atoms with Crippen molar-refractivity contribution in [2.24, 2.45) is 0 Å². The standard InChI is InChI=1S/C22H18N4O4S/c1-12-9-19(24-21(27)17-10-13-5-4-6-16(29-3)20(13)30-17)26(25-12)22-23-15-11-14(28-2)7-8-18(15)31-22/h4-11H,1-3H3,(H,24,27). The van der Waals surface area contributed by atoms with Crippen molar-refractivity contribution in [3.8, 4) is 16.6 Å². The van der Waals surface area contributed by atoms with Gasteiger partial charge < -0.3 is 19.2 Å². The number of furan rings is 1. The smallest absolute Gasteiger partial charge is 0.292 e. The summed E-state index contributed by atoms with van der Waals surface area (Å²) >= 11 is 1.47. The maximum atomic E-state index is 12.9. The molecule has 0 aliphatic carbocycles. The van der Waals surface area contributed by atoms with Crippen LogP contribution < -0.4 is 14.8 Å². The topological polar surface area (TPSA) is 91.4 Å². The van der Waals surface area contributed by atoms with E-state index in [9.17, 15) is 4.79 Å². The van der Waals surface area contributed by atoms with Gasteiger partial charge in [0.2, 0.25) is 5.13 Å². The van der Waals surface area contributed by atoms with Gasteiger partial charge in [-0.05, 0) is 31.2 Å². The second kappa shape index (κ2) is 7.44. The zero-order chi connectivity index (χ0) is 21.5. The molecule has 1 amide bonds. The van der Waals surface area contributed by atoms with Gasteiger partial charge in [0.25, 0.3) is 5.91 Å². The number of carbonyl (C=O) groups excluding carboxylic acids is 1. The van der Waals surface area contributed by atoms with Crippen LogP contribution in [0.5, 0.6) is 11.5 Å². The summed E-state index contributed by atoms with van der Waals surface area (Å²) in [5, 5.41) is 8.81. The lowest BCUT2D eigenvalue weighted by molar-refractivity contribution is 0.0998. The van der Waals surface area contributed by atoms with Gasteiger partial charge in [-0.15, -0.1) is 0 Å². The van der Waals surface area contributed by atoms with Crippen LogP contribution in [-0.2, 0) is 0 Å². The van der Waals surface area contributed by atoms with Gasteiger partial charge in [0, 0.05) is 17.5 Å². The number of aryl methyl sites for hydroxylation is 1. The Hall–Kier alpha value is -3.85. The number of fused-ring (bicyclic) bond motifs is 2. The van der Waals surface area contributed by atoms with Crippen molar-refractivity contribution in [3.63, 3.8) is 0 Å². The van der Waals surface area contributed by atoms with Crippen molar-refractivity contribution in [1.82, 2.24) is 14.8 Å². The number of rotatable bonds is 5. The predicted molar refractivity (Wildman–Crippen MR) is 119 cm³/mol. The first-order valence-electron chi connectivity index (χ1n) is 9.45. The maximum absolute atomic E-state index is 12.9. The molecule has 0 bridgehead atoms. The first-order chi connectivity index (χ1) is 15.1. The molecule has 31 heavy (non-hydrogen) atoms. The molecule has 2 aromatic carbocycles. The van der Waals surface area contributed by atoms with Gasteiger partial charge in [0.05, 0.1) is 30.1 Å². The number of thiazole rings is 1. The molecule has 3 heterocycles. The lowest BCUT2D eigenvalue weighted by Crippen LogP contribution is -2.14. The molecule has 9 heteroatoms. The van der Waals surface area contributed by atoms with Gasteiger partial charge in [0.15, 0.2) is 17.1 Å². The molecular formula is C22H18N4O4S. The first kappa shape index (κ1) is 19.1. The van der Waals surface area contributed by atoms with Crippen LogP contribution in [-0.4, -0.2) is 34.9 Å². The number of nitrogens with zero attached hydrogens (tertiary/aromatic N) is 3. The Morgan fingerprint density at radius 2 is 2.00 bits per heavy atom. The normalized spacial score (nSPS) is 11.2. The van der Waals surface area contributed by atoms with Crippen molar-refractivity contribution in [3.05, 3.63) is 60.0 Å². The van der Waals surface area contributed by atoms with Crippen molar-refractivity contribution in [1.29, 1.82) is 0 Å². The Kier molecular flexibility index (Phi) is 4.59. The molecule has 0 saturated heterocycles. The van der Waals surface area contributed by atoms with E-state index in [4.69, 9.17) is 13.9 Å². The molecule has 0 fully saturated rings. The van der Waals surface area contributed by atoms with Gasteiger partial charge in [-0.1, -0.05) is 23.5 Å². The van der Waals surface area contributed by atoms with Gasteiger partial charge in [0.1, 0.15) is 11.6 Å². The Morgan fingerprint density at radius 3 is 2.81 bits per heavy atom. The summed E-state index contributed by atoms with van der Waals surface area (Å²) in [6.45, 7) is 1.86. The van der Waals surface area contributed by atoms with Crippen molar-refractivity contribution < 1.29 is 18.7 Å². The minimum absolute atomic E-state index is 0.180. The average molecular weight is 434 g/mol. The first-order valence-corrected chi connectivity index (χ1v) is 10.3. The highest BCUT2D eigenvalue weighted by Crippen LogP contribution is 2.31. The second-order valence-electron chi connectivity index (χ2n) is 6.86. The van der Waals surface area contributed by atoms with Crippen molar-refractivity contribution >= 4 is 44.2 Å². The van der Waals surface area contributed by atoms with Crippen LogP contribution in [0.4, 0.5) is 5.82 Å². The van der Waals surface area contributed by atoms with E-state index in [0.29, 0.717) is 22.3 Å². The average Bonchev–Trinajstić information content (AvgIpc) is 3.48. The molecule has 0 spiro atoms. The number of amides is 1. The predicted octanol–water partition coefficient (Wildman–Crippen LogP) is 4.81. The maximum Gasteiger partial charge on any atom is 0.292 e. The van der Waals surface area contributed by atoms with Crippen LogP contribution in [0.15, 0.2) is 52.9 Å². The van der Waals surface area contributed by atoms with Crippen LogP contribution in [0.25, 0.3) is 26.3 Å². The number of ether oxygens (including phenoxy) is 2. The van der Waals surface area contributed by atoms with E-state index >= 15 is 0 Å². The molecule has 1 N–H and O–H groups in total. The Morgan fingerprint density at radius 1 is 1.13 bits per heavy atom. The number of benzene rings is 2. The summed E-state index contributed by atoms with van der Waals surface area (Å²) < 4.78 is 18.9. The summed E-state index contributed by atoms with van der Waals surface area (Å²) in [4.78, 5) is 17.6. The molecule has 3 aromatic heterocycles. The number of nitrogens with one attached hydrogen (secondary N) is 1. The monoisotopic (exact) mass is 434 g/mol. The highest BCUT2D eigenvalue weighted by molar-refractivity contribution is 7.20. The number of carbonyl (C=O) groups is 1. The van der Waals surface area contributed by atoms with Gasteiger partial charge in [-0.3, -0.25) is 4.79 Å².